The Hall–Kier alpha value is -1.92. The third-order valence-corrected chi connectivity index (χ3v) is 4.67. The first-order valence-electron chi connectivity index (χ1n) is 8.20. The molecule has 1 N–H and O–H groups in total. The molecule has 0 bridgehead atoms. The van der Waals surface area contributed by atoms with Crippen LogP contribution in [-0.2, 0) is 17.7 Å². The number of methoxy groups -OCH3 is 1. The van der Waals surface area contributed by atoms with Crippen LogP contribution in [0.25, 0.3) is 11.4 Å². The third-order valence-electron chi connectivity index (χ3n) is 4.67. The molecule has 2 aromatic rings. The van der Waals surface area contributed by atoms with Gasteiger partial charge in [0.25, 0.3) is 0 Å². The Morgan fingerprint density at radius 3 is 3.13 bits per heavy atom. The van der Waals surface area contributed by atoms with Crippen LogP contribution in [0.15, 0.2) is 18.3 Å². The molecule has 2 aliphatic rings. The minimum absolute atomic E-state index is 0.620. The van der Waals surface area contributed by atoms with E-state index in [-0.39, 0.29) is 0 Å². The normalized spacial score (nSPS) is 21.3. The number of nitrogens with one attached hydrogen (secondary N) is 1. The van der Waals surface area contributed by atoms with E-state index in [1.54, 1.807) is 13.3 Å². The van der Waals surface area contributed by atoms with Crippen molar-refractivity contribution in [3.05, 3.63) is 29.7 Å². The molecule has 4 heterocycles. The Kier molecular flexibility index (Phi) is 4.01. The fourth-order valence-corrected chi connectivity index (χ4v) is 3.38. The summed E-state index contributed by atoms with van der Waals surface area (Å²) in [5, 5.41) is 0. The van der Waals surface area contributed by atoms with E-state index in [9.17, 15) is 0 Å². The lowest BCUT2D eigenvalue weighted by molar-refractivity contribution is 0.161. The maximum Gasteiger partial charge on any atom is 0.212 e. The summed E-state index contributed by atoms with van der Waals surface area (Å²) in [5.41, 5.74) is 3.42. The van der Waals surface area contributed by atoms with Crippen LogP contribution < -0.4 is 4.74 Å². The number of imidazole rings is 1. The number of rotatable bonds is 4. The van der Waals surface area contributed by atoms with E-state index in [1.165, 1.54) is 17.8 Å². The summed E-state index contributed by atoms with van der Waals surface area (Å²) in [6, 6.07) is 3.85. The molecule has 0 aromatic carbocycles. The lowest BCUT2D eigenvalue weighted by Gasteiger charge is -2.27. The molecular formula is C17H22N4O2. The van der Waals surface area contributed by atoms with Crippen molar-refractivity contribution in [1.82, 2.24) is 19.9 Å². The zero-order valence-corrected chi connectivity index (χ0v) is 13.4. The first-order valence-corrected chi connectivity index (χ1v) is 8.20. The first kappa shape index (κ1) is 14.7. The number of H-pyrrole nitrogens is 1. The van der Waals surface area contributed by atoms with Crippen molar-refractivity contribution in [2.75, 3.05) is 33.4 Å². The number of nitrogens with zero attached hydrogens (tertiary/aromatic N) is 3. The summed E-state index contributed by atoms with van der Waals surface area (Å²) in [4.78, 5) is 15.0. The van der Waals surface area contributed by atoms with E-state index in [2.05, 4.69) is 14.9 Å². The second kappa shape index (κ2) is 6.29. The molecule has 1 saturated heterocycles. The quantitative estimate of drug-likeness (QED) is 0.933. The van der Waals surface area contributed by atoms with E-state index in [1.807, 2.05) is 12.1 Å². The smallest absolute Gasteiger partial charge is 0.212 e. The molecule has 1 atom stereocenters. The van der Waals surface area contributed by atoms with Gasteiger partial charge in [-0.15, -0.1) is 0 Å². The summed E-state index contributed by atoms with van der Waals surface area (Å²) in [5.74, 6) is 2.20. The Bertz CT molecular complexity index is 662. The Morgan fingerprint density at radius 1 is 1.43 bits per heavy atom. The molecule has 0 saturated carbocycles. The molecule has 2 aliphatic heterocycles. The summed E-state index contributed by atoms with van der Waals surface area (Å²) in [6.07, 6.45) is 3.99. The second-order valence-corrected chi connectivity index (χ2v) is 6.31. The van der Waals surface area contributed by atoms with Crippen molar-refractivity contribution in [2.45, 2.75) is 19.4 Å². The predicted molar refractivity (Wildman–Crippen MR) is 86.3 cm³/mol. The van der Waals surface area contributed by atoms with Gasteiger partial charge < -0.3 is 14.5 Å². The molecule has 6 nitrogen and oxygen atoms in total. The topological polar surface area (TPSA) is 63.3 Å². The van der Waals surface area contributed by atoms with Gasteiger partial charge >= 0.3 is 0 Å². The van der Waals surface area contributed by atoms with Crippen LogP contribution in [0.2, 0.25) is 0 Å². The van der Waals surface area contributed by atoms with Crippen LogP contribution in [0, 0.1) is 5.92 Å². The number of aromatic amines is 1. The molecule has 122 valence electrons. The van der Waals surface area contributed by atoms with Crippen LogP contribution in [0.4, 0.5) is 0 Å². The van der Waals surface area contributed by atoms with E-state index in [0.717, 1.165) is 50.7 Å². The van der Waals surface area contributed by atoms with Gasteiger partial charge in [-0.3, -0.25) is 4.90 Å². The third kappa shape index (κ3) is 3.09. The highest BCUT2D eigenvalue weighted by molar-refractivity contribution is 5.55. The van der Waals surface area contributed by atoms with Crippen molar-refractivity contribution in [1.29, 1.82) is 0 Å². The highest BCUT2D eigenvalue weighted by Gasteiger charge is 2.24. The van der Waals surface area contributed by atoms with Gasteiger partial charge in [0.1, 0.15) is 5.82 Å². The SMILES string of the molecule is COc1ccc(-c2nc3c([nH]2)CN(CC2CCOC2)CC3)cn1. The first-order chi connectivity index (χ1) is 11.3. The van der Waals surface area contributed by atoms with Gasteiger partial charge in [0, 0.05) is 50.5 Å². The Balaban J connectivity index is 1.47. The van der Waals surface area contributed by atoms with Crippen LogP contribution >= 0.6 is 0 Å². The van der Waals surface area contributed by atoms with Gasteiger partial charge in [0.05, 0.1) is 25.1 Å². The monoisotopic (exact) mass is 314 g/mol. The van der Waals surface area contributed by atoms with E-state index in [4.69, 9.17) is 14.5 Å². The molecular weight excluding hydrogens is 292 g/mol. The molecule has 2 aromatic heterocycles. The fourth-order valence-electron chi connectivity index (χ4n) is 3.38. The predicted octanol–water partition coefficient (Wildman–Crippen LogP) is 1.87. The molecule has 0 radical (unpaired) electrons. The summed E-state index contributed by atoms with van der Waals surface area (Å²) >= 11 is 0. The van der Waals surface area contributed by atoms with Gasteiger partial charge in [-0.1, -0.05) is 0 Å². The highest BCUT2D eigenvalue weighted by atomic mass is 16.5. The molecule has 1 fully saturated rings. The Labute approximate surface area is 135 Å². The van der Waals surface area contributed by atoms with Crippen molar-refractivity contribution in [3.63, 3.8) is 0 Å². The van der Waals surface area contributed by atoms with Gasteiger partial charge in [-0.05, 0) is 18.4 Å². The maximum absolute atomic E-state index is 5.48. The maximum atomic E-state index is 5.48. The fraction of sp³-hybridized carbons (Fsp3) is 0.529. The number of hydrogen-bond acceptors (Lipinski definition) is 5. The van der Waals surface area contributed by atoms with Crippen molar-refractivity contribution in [3.8, 4) is 17.3 Å². The Morgan fingerprint density at radius 2 is 2.39 bits per heavy atom. The van der Waals surface area contributed by atoms with Gasteiger partial charge in [0.2, 0.25) is 5.88 Å². The zero-order valence-electron chi connectivity index (χ0n) is 13.4. The van der Waals surface area contributed by atoms with Crippen molar-refractivity contribution < 1.29 is 9.47 Å². The zero-order chi connectivity index (χ0) is 15.6. The largest absolute Gasteiger partial charge is 0.481 e. The number of aromatic nitrogens is 3. The second-order valence-electron chi connectivity index (χ2n) is 6.31. The minimum Gasteiger partial charge on any atom is -0.481 e. The molecule has 0 amide bonds. The van der Waals surface area contributed by atoms with Gasteiger partial charge in [-0.2, -0.15) is 0 Å². The standard InChI is InChI=1S/C17H22N4O2/c1-22-16-3-2-13(8-18-16)17-19-14-4-6-21(10-15(14)20-17)9-12-5-7-23-11-12/h2-3,8,12H,4-7,9-11H2,1H3,(H,19,20). The van der Waals surface area contributed by atoms with Gasteiger partial charge in [0.15, 0.2) is 0 Å². The molecule has 4 rings (SSSR count). The molecule has 0 spiro atoms. The number of hydrogen-bond donors (Lipinski definition) is 1. The average Bonchev–Trinajstić information content (AvgIpc) is 3.24. The summed E-state index contributed by atoms with van der Waals surface area (Å²) < 4.78 is 10.6. The number of ether oxygens (including phenoxy) is 2. The molecule has 6 heteroatoms. The molecule has 1 unspecified atom stereocenters. The van der Waals surface area contributed by atoms with Crippen LogP contribution in [-0.4, -0.2) is 53.3 Å². The molecule has 0 aliphatic carbocycles. The lowest BCUT2D eigenvalue weighted by atomic mass is 10.1. The van der Waals surface area contributed by atoms with Crippen LogP contribution in [0.1, 0.15) is 17.8 Å². The van der Waals surface area contributed by atoms with Crippen LogP contribution in [0.3, 0.4) is 0 Å². The highest BCUT2D eigenvalue weighted by Crippen LogP contribution is 2.24. The van der Waals surface area contributed by atoms with Crippen LogP contribution in [0.5, 0.6) is 5.88 Å². The molecule has 23 heavy (non-hydrogen) atoms. The number of fused-ring (bicyclic) bond motifs is 1. The lowest BCUT2D eigenvalue weighted by Crippen LogP contribution is -2.34. The summed E-state index contributed by atoms with van der Waals surface area (Å²) in [7, 11) is 1.62. The van der Waals surface area contributed by atoms with E-state index >= 15 is 0 Å². The number of pyridine rings is 1. The van der Waals surface area contributed by atoms with Crippen molar-refractivity contribution >= 4 is 0 Å². The van der Waals surface area contributed by atoms with Crippen molar-refractivity contribution in [2.24, 2.45) is 5.92 Å². The van der Waals surface area contributed by atoms with E-state index in [0.29, 0.717) is 11.8 Å². The van der Waals surface area contributed by atoms with Gasteiger partial charge in [-0.25, -0.2) is 9.97 Å². The average molecular weight is 314 g/mol. The minimum atomic E-state index is 0.620. The summed E-state index contributed by atoms with van der Waals surface area (Å²) in [6.45, 7) is 4.98. The van der Waals surface area contributed by atoms with E-state index < -0.39 is 0 Å².